The van der Waals surface area contributed by atoms with Gasteiger partial charge in [0, 0.05) is 0 Å². The summed E-state index contributed by atoms with van der Waals surface area (Å²) in [6.07, 6.45) is 0. The second kappa shape index (κ2) is 3.66. The van der Waals surface area contributed by atoms with Crippen molar-refractivity contribution in [2.75, 3.05) is 17.2 Å². The van der Waals surface area contributed by atoms with Crippen molar-refractivity contribution in [3.63, 3.8) is 0 Å². The van der Waals surface area contributed by atoms with Gasteiger partial charge in [0.1, 0.15) is 0 Å². The van der Waals surface area contributed by atoms with Gasteiger partial charge in [0.25, 0.3) is 0 Å². The van der Waals surface area contributed by atoms with Crippen molar-refractivity contribution in [2.24, 2.45) is 0 Å². The molecule has 14 heavy (non-hydrogen) atoms. The summed E-state index contributed by atoms with van der Waals surface area (Å²) in [4.78, 5) is 10.8. The summed E-state index contributed by atoms with van der Waals surface area (Å²) in [5, 5.41) is 8.86. The Bertz CT molecular complexity index is 391. The number of nitrogens with two attached hydrogens (primary N) is 3. The summed E-state index contributed by atoms with van der Waals surface area (Å²) in [6, 6.07) is 0. The van der Waals surface area contributed by atoms with Gasteiger partial charge in [-0.1, -0.05) is 0 Å². The van der Waals surface area contributed by atoms with Crippen LogP contribution in [0.2, 0.25) is 0 Å². The Labute approximate surface area is 96.5 Å². The topological polar surface area (TPSA) is 115 Å². The molecule has 0 spiro atoms. The molecule has 1 rings (SSSR count). The highest BCUT2D eigenvalue weighted by Crippen LogP contribution is 2.40. The molecule has 0 fully saturated rings. The minimum Gasteiger partial charge on any atom is -0.478 e. The first-order valence-electron chi connectivity index (χ1n) is 3.42. The Hall–Kier alpha value is -0.950. The molecule has 0 bridgehead atoms. The van der Waals surface area contributed by atoms with Gasteiger partial charge in [0.2, 0.25) is 0 Å². The molecule has 7 N–H and O–H groups in total. The zero-order chi connectivity index (χ0) is 11.0. The van der Waals surface area contributed by atoms with Gasteiger partial charge in [0.05, 0.1) is 31.6 Å². The number of anilines is 3. The number of carboxylic acid groups (broad SMARTS) is 1. The maximum Gasteiger partial charge on any atom is 0.339 e. The van der Waals surface area contributed by atoms with Gasteiger partial charge in [0.15, 0.2) is 0 Å². The fourth-order valence-electron chi connectivity index (χ4n) is 0.953. The van der Waals surface area contributed by atoms with Gasteiger partial charge in [-0.15, -0.1) is 0 Å². The molecular formula is C7H7Br2N3O2. The molecule has 1 aromatic carbocycles. The van der Waals surface area contributed by atoms with Crippen LogP contribution in [0.4, 0.5) is 17.1 Å². The van der Waals surface area contributed by atoms with Crippen molar-refractivity contribution in [3.05, 3.63) is 14.5 Å². The molecule has 0 aliphatic rings. The summed E-state index contributed by atoms with van der Waals surface area (Å²) in [7, 11) is 0. The maximum absolute atomic E-state index is 10.8. The zero-order valence-corrected chi connectivity index (χ0v) is 10.0. The van der Waals surface area contributed by atoms with Gasteiger partial charge in [-0.2, -0.15) is 0 Å². The van der Waals surface area contributed by atoms with E-state index < -0.39 is 5.97 Å². The van der Waals surface area contributed by atoms with Crippen LogP contribution in [0.15, 0.2) is 8.95 Å². The molecule has 7 heteroatoms. The third kappa shape index (κ3) is 1.53. The molecule has 76 valence electrons. The number of benzene rings is 1. The third-order valence-corrected chi connectivity index (χ3v) is 3.38. The lowest BCUT2D eigenvalue weighted by Crippen LogP contribution is -2.09. The summed E-state index contributed by atoms with van der Waals surface area (Å²) in [5.41, 5.74) is 17.0. The first kappa shape index (κ1) is 11.1. The van der Waals surface area contributed by atoms with Crippen LogP contribution in [0.1, 0.15) is 10.4 Å². The average Bonchev–Trinajstić information content (AvgIpc) is 2.11. The predicted octanol–water partition coefficient (Wildman–Crippen LogP) is 1.66. The number of carbonyl (C=O) groups is 1. The van der Waals surface area contributed by atoms with Gasteiger partial charge in [-0.25, -0.2) is 4.79 Å². The van der Waals surface area contributed by atoms with Crippen molar-refractivity contribution in [1.82, 2.24) is 0 Å². The summed E-state index contributed by atoms with van der Waals surface area (Å²) < 4.78 is 0.499. The van der Waals surface area contributed by atoms with E-state index in [1.807, 2.05) is 0 Å². The van der Waals surface area contributed by atoms with Crippen LogP contribution < -0.4 is 17.2 Å². The normalized spacial score (nSPS) is 10.1. The summed E-state index contributed by atoms with van der Waals surface area (Å²) >= 11 is 6.10. The summed E-state index contributed by atoms with van der Waals surface area (Å²) in [5.74, 6) is -1.17. The fourth-order valence-corrected chi connectivity index (χ4v) is 1.96. The predicted molar refractivity (Wildman–Crippen MR) is 62.0 cm³/mol. The standard InChI is InChI=1S/C7H7Br2N3O2/c8-2-1(7(13)14)4(10)3(9)6(12)5(2)11/h10-12H2,(H,13,14). The van der Waals surface area contributed by atoms with E-state index in [0.717, 1.165) is 0 Å². The lowest BCUT2D eigenvalue weighted by Gasteiger charge is -2.12. The van der Waals surface area contributed by atoms with Gasteiger partial charge >= 0.3 is 5.97 Å². The van der Waals surface area contributed by atoms with Crippen LogP contribution in [0, 0.1) is 0 Å². The van der Waals surface area contributed by atoms with Gasteiger partial charge in [-0.3, -0.25) is 0 Å². The van der Waals surface area contributed by atoms with Crippen LogP contribution in [-0.2, 0) is 0 Å². The molecule has 0 amide bonds. The number of carboxylic acids is 1. The molecule has 0 saturated heterocycles. The third-order valence-electron chi connectivity index (χ3n) is 1.70. The van der Waals surface area contributed by atoms with Gasteiger partial charge in [-0.05, 0) is 31.9 Å². The largest absolute Gasteiger partial charge is 0.478 e. The van der Waals surface area contributed by atoms with E-state index in [0.29, 0.717) is 4.47 Å². The van der Waals surface area contributed by atoms with Crippen molar-refractivity contribution in [2.45, 2.75) is 0 Å². The molecule has 5 nitrogen and oxygen atoms in total. The van der Waals surface area contributed by atoms with E-state index in [2.05, 4.69) is 31.9 Å². The lowest BCUT2D eigenvalue weighted by atomic mass is 10.1. The number of hydrogen-bond donors (Lipinski definition) is 4. The number of aromatic carboxylic acids is 1. The van der Waals surface area contributed by atoms with Crippen molar-refractivity contribution < 1.29 is 9.90 Å². The van der Waals surface area contributed by atoms with Crippen LogP contribution in [-0.4, -0.2) is 11.1 Å². The van der Waals surface area contributed by atoms with Crippen molar-refractivity contribution >= 4 is 54.9 Å². The minimum atomic E-state index is -1.17. The number of nitrogen functional groups attached to an aromatic ring is 3. The fraction of sp³-hybridized carbons (Fsp3) is 0. The molecular weight excluding hydrogens is 318 g/mol. The molecule has 0 saturated carbocycles. The highest BCUT2D eigenvalue weighted by atomic mass is 79.9. The smallest absolute Gasteiger partial charge is 0.339 e. The van der Waals surface area contributed by atoms with Crippen LogP contribution in [0.3, 0.4) is 0 Å². The monoisotopic (exact) mass is 323 g/mol. The van der Waals surface area contributed by atoms with E-state index >= 15 is 0 Å². The zero-order valence-electron chi connectivity index (χ0n) is 6.84. The molecule has 0 heterocycles. The first-order valence-corrected chi connectivity index (χ1v) is 5.01. The quantitative estimate of drug-likeness (QED) is 0.586. The van der Waals surface area contributed by atoms with E-state index in [-0.39, 0.29) is 27.1 Å². The average molecular weight is 325 g/mol. The second-order valence-corrected chi connectivity index (χ2v) is 4.14. The van der Waals surface area contributed by atoms with Crippen LogP contribution >= 0.6 is 31.9 Å². The number of hydrogen-bond acceptors (Lipinski definition) is 4. The van der Waals surface area contributed by atoms with E-state index in [9.17, 15) is 4.79 Å². The number of halogens is 2. The summed E-state index contributed by atoms with van der Waals surface area (Å²) in [6.45, 7) is 0. The van der Waals surface area contributed by atoms with E-state index in [1.165, 1.54) is 0 Å². The Morgan fingerprint density at radius 1 is 1.00 bits per heavy atom. The van der Waals surface area contributed by atoms with Crippen molar-refractivity contribution in [3.8, 4) is 0 Å². The first-order chi connectivity index (χ1) is 6.37. The van der Waals surface area contributed by atoms with Crippen LogP contribution in [0.5, 0.6) is 0 Å². The van der Waals surface area contributed by atoms with Gasteiger partial charge < -0.3 is 22.3 Å². The van der Waals surface area contributed by atoms with E-state index in [4.69, 9.17) is 22.3 Å². The molecule has 0 aliphatic carbocycles. The SMILES string of the molecule is Nc1c(N)c(Br)c(C(=O)O)c(N)c1Br. The van der Waals surface area contributed by atoms with E-state index in [1.54, 1.807) is 0 Å². The Morgan fingerprint density at radius 2 is 1.43 bits per heavy atom. The molecule has 0 unspecified atom stereocenters. The van der Waals surface area contributed by atoms with Crippen molar-refractivity contribution in [1.29, 1.82) is 0 Å². The second-order valence-electron chi connectivity index (χ2n) is 2.55. The Morgan fingerprint density at radius 3 is 1.86 bits per heavy atom. The Balaban J connectivity index is 3.68. The molecule has 1 aromatic rings. The minimum absolute atomic E-state index is 0.0519. The maximum atomic E-state index is 10.8. The lowest BCUT2D eigenvalue weighted by molar-refractivity contribution is 0.0697. The Kier molecular flexibility index (Phi) is 2.91. The molecule has 0 atom stereocenters. The number of rotatable bonds is 1. The molecule has 0 aliphatic heterocycles. The highest BCUT2D eigenvalue weighted by molar-refractivity contribution is 9.11. The molecule has 0 radical (unpaired) electrons. The molecule has 0 aromatic heterocycles. The highest BCUT2D eigenvalue weighted by Gasteiger charge is 2.20. The van der Waals surface area contributed by atoms with Crippen LogP contribution in [0.25, 0.3) is 0 Å².